The van der Waals surface area contributed by atoms with E-state index < -0.39 is 20.0 Å². The van der Waals surface area contributed by atoms with Crippen LogP contribution in [0.2, 0.25) is 0 Å². The van der Waals surface area contributed by atoms with Gasteiger partial charge in [0.15, 0.2) is 0 Å². The number of rotatable bonds is 6. The third-order valence-electron chi connectivity index (χ3n) is 7.76. The number of nitrogens with one attached hydrogen (secondary N) is 2. The zero-order chi connectivity index (χ0) is 26.9. The van der Waals surface area contributed by atoms with E-state index in [1.807, 2.05) is 12.1 Å². The molecule has 5 rings (SSSR count). The van der Waals surface area contributed by atoms with E-state index in [-0.39, 0.29) is 33.0 Å². The Labute approximate surface area is 224 Å². The van der Waals surface area contributed by atoms with Crippen molar-refractivity contribution < 1.29 is 16.8 Å². The lowest BCUT2D eigenvalue weighted by atomic mass is 9.96. The molecule has 0 unspecified atom stereocenters. The van der Waals surface area contributed by atoms with Crippen LogP contribution in [-0.4, -0.2) is 28.9 Å². The first-order valence-electron chi connectivity index (χ1n) is 13.1. The van der Waals surface area contributed by atoms with Crippen molar-refractivity contribution in [3.8, 4) is 23.3 Å². The highest BCUT2D eigenvalue weighted by Gasteiger charge is 2.31. The highest BCUT2D eigenvalue weighted by atomic mass is 32.2. The molecule has 0 heterocycles. The largest absolute Gasteiger partial charge is 0.240 e. The Bertz CT molecular complexity index is 1470. The van der Waals surface area contributed by atoms with E-state index in [2.05, 4.69) is 9.44 Å². The van der Waals surface area contributed by atoms with E-state index in [1.54, 1.807) is 12.1 Å². The molecule has 2 aromatic carbocycles. The predicted octanol–water partition coefficient (Wildman–Crippen LogP) is 4.74. The third kappa shape index (κ3) is 5.14. The molecule has 0 saturated heterocycles. The number of sulfonamides is 2. The molecule has 2 saturated carbocycles. The van der Waals surface area contributed by atoms with Crippen molar-refractivity contribution in [2.45, 2.75) is 86.1 Å². The summed E-state index contributed by atoms with van der Waals surface area (Å²) in [5, 5.41) is 19.5. The first-order valence-corrected chi connectivity index (χ1v) is 16.1. The second kappa shape index (κ2) is 10.6. The Balaban J connectivity index is 1.55. The molecular formula is C28H30N4O4S2. The Hall–Kier alpha value is -3.02. The summed E-state index contributed by atoms with van der Waals surface area (Å²) < 4.78 is 58.5. The summed E-state index contributed by atoms with van der Waals surface area (Å²) in [4.78, 5) is 0.100. The van der Waals surface area contributed by atoms with Gasteiger partial charge in [-0.25, -0.2) is 26.3 Å². The Morgan fingerprint density at radius 2 is 1.03 bits per heavy atom. The van der Waals surface area contributed by atoms with Crippen molar-refractivity contribution in [1.82, 2.24) is 9.44 Å². The van der Waals surface area contributed by atoms with Crippen LogP contribution in [0.25, 0.3) is 16.7 Å². The molecule has 2 fully saturated rings. The highest BCUT2D eigenvalue weighted by molar-refractivity contribution is 7.89. The van der Waals surface area contributed by atoms with Gasteiger partial charge in [-0.15, -0.1) is 0 Å². The van der Waals surface area contributed by atoms with Crippen LogP contribution in [0.4, 0.5) is 0 Å². The van der Waals surface area contributed by atoms with Gasteiger partial charge in [0.25, 0.3) is 0 Å². The molecule has 2 N–H and O–H groups in total. The number of nitrogens with zero attached hydrogens (tertiary/aromatic N) is 2. The summed E-state index contributed by atoms with van der Waals surface area (Å²) in [6.07, 6.45) is 9.29. The summed E-state index contributed by atoms with van der Waals surface area (Å²) in [5.41, 5.74) is 2.22. The minimum atomic E-state index is -3.82. The Kier molecular flexibility index (Phi) is 7.43. The maximum absolute atomic E-state index is 13.2. The summed E-state index contributed by atoms with van der Waals surface area (Å²) >= 11 is 0. The summed E-state index contributed by atoms with van der Waals surface area (Å²) in [6.45, 7) is 0. The highest BCUT2D eigenvalue weighted by Crippen LogP contribution is 2.47. The molecule has 10 heteroatoms. The SMILES string of the molecule is N#CC(C#N)=C1c2cc(S(=O)(=O)NC3CCCCC3)ccc2-c2ccc(S(=O)(=O)NC3CCCCC3)cc21. The molecule has 0 atom stereocenters. The average Bonchev–Trinajstić information content (AvgIpc) is 3.23. The van der Waals surface area contributed by atoms with Gasteiger partial charge in [-0.2, -0.15) is 10.5 Å². The molecule has 2 aromatic rings. The number of hydrogen-bond acceptors (Lipinski definition) is 6. The number of allylic oxidation sites excluding steroid dienone is 1. The third-order valence-corrected chi connectivity index (χ3v) is 10.8. The quantitative estimate of drug-likeness (QED) is 0.425. The lowest BCUT2D eigenvalue weighted by molar-refractivity contribution is 0.412. The summed E-state index contributed by atoms with van der Waals surface area (Å²) in [5.74, 6) is 0. The summed E-state index contributed by atoms with van der Waals surface area (Å²) in [7, 11) is -7.65. The number of fused-ring (bicyclic) bond motifs is 3. The van der Waals surface area contributed by atoms with Gasteiger partial charge in [-0.3, -0.25) is 0 Å². The van der Waals surface area contributed by atoms with Crippen molar-refractivity contribution in [1.29, 1.82) is 10.5 Å². The van der Waals surface area contributed by atoms with E-state index in [0.29, 0.717) is 22.3 Å². The number of benzene rings is 2. The van der Waals surface area contributed by atoms with Crippen LogP contribution in [0.1, 0.15) is 75.3 Å². The van der Waals surface area contributed by atoms with Gasteiger partial charge in [0.2, 0.25) is 20.0 Å². The van der Waals surface area contributed by atoms with Crippen LogP contribution >= 0.6 is 0 Å². The van der Waals surface area contributed by atoms with Crippen molar-refractivity contribution in [3.05, 3.63) is 53.1 Å². The number of nitriles is 2. The number of hydrogen-bond donors (Lipinski definition) is 2. The zero-order valence-corrected chi connectivity index (χ0v) is 22.7. The van der Waals surface area contributed by atoms with E-state index in [9.17, 15) is 27.4 Å². The van der Waals surface area contributed by atoms with Gasteiger partial charge < -0.3 is 0 Å². The maximum atomic E-state index is 13.2. The molecular weight excluding hydrogens is 520 g/mol. The fraction of sp³-hybridized carbons (Fsp3) is 0.429. The fourth-order valence-electron chi connectivity index (χ4n) is 5.83. The first-order chi connectivity index (χ1) is 18.2. The van der Waals surface area contributed by atoms with Crippen molar-refractivity contribution in [2.24, 2.45) is 0 Å². The smallest absolute Gasteiger partial charge is 0.208 e. The fourth-order valence-corrected chi connectivity index (χ4v) is 8.49. The van der Waals surface area contributed by atoms with Crippen LogP contribution < -0.4 is 9.44 Å². The second-order valence-corrected chi connectivity index (χ2v) is 13.7. The van der Waals surface area contributed by atoms with E-state index >= 15 is 0 Å². The lowest BCUT2D eigenvalue weighted by Gasteiger charge is -2.22. The first kappa shape index (κ1) is 26.6. The molecule has 0 bridgehead atoms. The van der Waals surface area contributed by atoms with E-state index in [4.69, 9.17) is 0 Å². The molecule has 0 radical (unpaired) electrons. The van der Waals surface area contributed by atoms with Crippen LogP contribution in [-0.2, 0) is 20.0 Å². The molecule has 0 aromatic heterocycles. The van der Waals surface area contributed by atoms with Gasteiger partial charge >= 0.3 is 0 Å². The molecule has 8 nitrogen and oxygen atoms in total. The van der Waals surface area contributed by atoms with Crippen LogP contribution in [0.15, 0.2) is 51.8 Å². The topological polar surface area (TPSA) is 140 Å². The van der Waals surface area contributed by atoms with E-state index in [1.165, 1.54) is 24.3 Å². The van der Waals surface area contributed by atoms with Gasteiger partial charge in [0.05, 0.1) is 9.79 Å². The second-order valence-electron chi connectivity index (χ2n) is 10.3. The van der Waals surface area contributed by atoms with E-state index in [0.717, 1.165) is 64.2 Å². The van der Waals surface area contributed by atoms with Crippen LogP contribution in [0.3, 0.4) is 0 Å². The molecule has 3 aliphatic rings. The maximum Gasteiger partial charge on any atom is 0.240 e. The van der Waals surface area contributed by atoms with Gasteiger partial charge in [0.1, 0.15) is 17.7 Å². The predicted molar refractivity (Wildman–Crippen MR) is 144 cm³/mol. The molecule has 0 aliphatic heterocycles. The molecule has 3 aliphatic carbocycles. The van der Waals surface area contributed by atoms with Crippen molar-refractivity contribution in [3.63, 3.8) is 0 Å². The average molecular weight is 551 g/mol. The normalized spacial score (nSPS) is 18.3. The molecule has 198 valence electrons. The van der Waals surface area contributed by atoms with Gasteiger partial charge in [-0.1, -0.05) is 50.7 Å². The standard InChI is InChI=1S/C28H30N4O4S2/c29-17-19(18-30)28-26-15-22(37(33,34)31-20-7-3-1-4-8-20)11-13-24(26)25-14-12-23(16-27(25)28)38(35,36)32-21-9-5-2-6-10-21/h11-16,20-21,31-32H,1-10H2. The monoisotopic (exact) mass is 550 g/mol. The van der Waals surface area contributed by atoms with Crippen LogP contribution in [0, 0.1) is 22.7 Å². The van der Waals surface area contributed by atoms with Gasteiger partial charge in [0, 0.05) is 17.7 Å². The van der Waals surface area contributed by atoms with Crippen LogP contribution in [0.5, 0.6) is 0 Å². The summed E-state index contributed by atoms with van der Waals surface area (Å²) in [6, 6.07) is 12.9. The zero-order valence-electron chi connectivity index (χ0n) is 21.0. The Morgan fingerprint density at radius 3 is 1.39 bits per heavy atom. The molecule has 38 heavy (non-hydrogen) atoms. The van der Waals surface area contributed by atoms with Crippen molar-refractivity contribution in [2.75, 3.05) is 0 Å². The minimum Gasteiger partial charge on any atom is -0.208 e. The molecule has 0 spiro atoms. The van der Waals surface area contributed by atoms with Gasteiger partial charge in [-0.05, 0) is 72.2 Å². The van der Waals surface area contributed by atoms with Crippen molar-refractivity contribution >= 4 is 25.6 Å². The minimum absolute atomic E-state index is 0.0502. The lowest BCUT2D eigenvalue weighted by Crippen LogP contribution is -2.36. The molecule has 0 amide bonds. The Morgan fingerprint density at radius 1 is 0.632 bits per heavy atom.